The summed E-state index contributed by atoms with van der Waals surface area (Å²) in [6.07, 6.45) is 1.61. The Morgan fingerprint density at radius 3 is 2.71 bits per heavy atom. The van der Waals surface area contributed by atoms with Crippen LogP contribution in [0.3, 0.4) is 0 Å². The van der Waals surface area contributed by atoms with E-state index in [1.54, 1.807) is 10.9 Å². The molecule has 0 saturated heterocycles. The molecule has 4 nitrogen and oxygen atoms in total. The van der Waals surface area contributed by atoms with E-state index in [0.29, 0.717) is 11.5 Å². The Hall–Kier alpha value is -3.02. The number of hydrogen-bond donors (Lipinski definition) is 1. The fraction of sp³-hybridized carbons (Fsp3) is 0.111. The summed E-state index contributed by atoms with van der Waals surface area (Å²) in [5.74, 6) is -1.47. The number of fused-ring (bicyclic) bond motifs is 1. The molecular formula is C18H13F2N3O. The van der Waals surface area contributed by atoms with Gasteiger partial charge in [-0.1, -0.05) is 18.2 Å². The van der Waals surface area contributed by atoms with Crippen LogP contribution < -0.4 is 5.32 Å². The van der Waals surface area contributed by atoms with Gasteiger partial charge in [0.05, 0.1) is 5.69 Å². The molecule has 24 heavy (non-hydrogen) atoms. The molecule has 2 aromatic carbocycles. The summed E-state index contributed by atoms with van der Waals surface area (Å²) in [5, 5.41) is 2.79. The van der Waals surface area contributed by atoms with Gasteiger partial charge in [-0.2, -0.15) is 0 Å². The van der Waals surface area contributed by atoms with Gasteiger partial charge in [0.2, 0.25) is 5.91 Å². The lowest BCUT2D eigenvalue weighted by molar-refractivity contribution is -0.116. The second kappa shape index (κ2) is 5.56. The van der Waals surface area contributed by atoms with Crippen LogP contribution in [0.1, 0.15) is 23.6 Å². The van der Waals surface area contributed by atoms with E-state index >= 15 is 0 Å². The number of halogens is 2. The van der Waals surface area contributed by atoms with Gasteiger partial charge in [-0.3, -0.25) is 9.36 Å². The first-order chi connectivity index (χ1) is 11.6. The van der Waals surface area contributed by atoms with Crippen molar-refractivity contribution < 1.29 is 13.6 Å². The summed E-state index contributed by atoms with van der Waals surface area (Å²) in [6, 6.07) is 12.6. The number of nitrogens with one attached hydrogen (secondary N) is 1. The van der Waals surface area contributed by atoms with E-state index < -0.39 is 17.6 Å². The van der Waals surface area contributed by atoms with Crippen LogP contribution in [0.2, 0.25) is 0 Å². The van der Waals surface area contributed by atoms with Crippen molar-refractivity contribution in [2.24, 2.45) is 0 Å². The number of benzene rings is 2. The van der Waals surface area contributed by atoms with E-state index in [-0.39, 0.29) is 17.9 Å². The highest BCUT2D eigenvalue weighted by Gasteiger charge is 2.32. The van der Waals surface area contributed by atoms with Crippen molar-refractivity contribution in [3.63, 3.8) is 0 Å². The average Bonchev–Trinajstić information content (AvgIpc) is 3.01. The first kappa shape index (κ1) is 14.6. The number of aromatic nitrogens is 2. The minimum atomic E-state index is -0.616. The monoisotopic (exact) mass is 325 g/mol. The number of anilines is 1. The third-order valence-corrected chi connectivity index (χ3v) is 4.14. The first-order valence-electron chi connectivity index (χ1n) is 7.51. The maximum absolute atomic E-state index is 14.2. The summed E-state index contributed by atoms with van der Waals surface area (Å²) in [7, 11) is 0. The first-order valence-corrected chi connectivity index (χ1v) is 7.51. The van der Waals surface area contributed by atoms with Crippen molar-refractivity contribution in [3.05, 3.63) is 77.8 Å². The van der Waals surface area contributed by atoms with Gasteiger partial charge in [0.25, 0.3) is 0 Å². The molecule has 1 aliphatic rings. The van der Waals surface area contributed by atoms with Crippen molar-refractivity contribution in [2.75, 3.05) is 5.32 Å². The van der Waals surface area contributed by atoms with Crippen molar-refractivity contribution in [3.8, 4) is 5.69 Å². The predicted molar refractivity (Wildman–Crippen MR) is 85.0 cm³/mol. The highest BCUT2D eigenvalue weighted by Crippen LogP contribution is 2.38. The minimum Gasteiger partial charge on any atom is -0.310 e. The molecule has 0 spiro atoms. The maximum Gasteiger partial charge on any atom is 0.226 e. The molecule has 3 aromatic rings. The molecule has 4 rings (SSSR count). The van der Waals surface area contributed by atoms with Gasteiger partial charge in [-0.15, -0.1) is 0 Å². The molecule has 0 unspecified atom stereocenters. The van der Waals surface area contributed by atoms with Gasteiger partial charge in [-0.05, 0) is 30.3 Å². The number of carbonyl (C=O) groups is 1. The summed E-state index contributed by atoms with van der Waals surface area (Å²) >= 11 is 0. The van der Waals surface area contributed by atoms with E-state index in [1.165, 1.54) is 0 Å². The molecule has 0 radical (unpaired) electrons. The van der Waals surface area contributed by atoms with Crippen LogP contribution in [0.15, 0.2) is 54.9 Å². The van der Waals surface area contributed by atoms with Crippen LogP contribution in [0.5, 0.6) is 0 Å². The molecule has 1 N–H and O–H groups in total. The van der Waals surface area contributed by atoms with Crippen molar-refractivity contribution in [2.45, 2.75) is 12.3 Å². The minimum absolute atomic E-state index is 0.0270. The largest absolute Gasteiger partial charge is 0.310 e. The average molecular weight is 325 g/mol. The van der Waals surface area contributed by atoms with Crippen molar-refractivity contribution in [1.82, 2.24) is 9.55 Å². The Morgan fingerprint density at radius 1 is 1.12 bits per heavy atom. The zero-order valence-electron chi connectivity index (χ0n) is 12.5. The fourth-order valence-corrected chi connectivity index (χ4v) is 3.03. The lowest BCUT2D eigenvalue weighted by Gasteiger charge is -2.23. The highest BCUT2D eigenvalue weighted by atomic mass is 19.1. The quantitative estimate of drug-likeness (QED) is 0.782. The normalized spacial score (nSPS) is 16.6. The zero-order valence-corrected chi connectivity index (χ0v) is 12.5. The van der Waals surface area contributed by atoms with Crippen LogP contribution in [-0.2, 0) is 4.79 Å². The third kappa shape index (κ3) is 2.36. The van der Waals surface area contributed by atoms with Crippen molar-refractivity contribution >= 4 is 11.7 Å². The molecule has 1 aliphatic heterocycles. The van der Waals surface area contributed by atoms with Gasteiger partial charge in [-0.25, -0.2) is 13.8 Å². The molecule has 0 fully saturated rings. The Bertz CT molecular complexity index is 921. The van der Waals surface area contributed by atoms with Gasteiger partial charge < -0.3 is 5.32 Å². The molecule has 6 heteroatoms. The molecule has 1 amide bonds. The number of amides is 1. The van der Waals surface area contributed by atoms with Crippen molar-refractivity contribution in [1.29, 1.82) is 0 Å². The van der Waals surface area contributed by atoms with E-state index in [9.17, 15) is 13.6 Å². The SMILES string of the molecule is O=C1C[C@@H](c2cc(F)ccc2F)c2ncn(-c3ccccc3)c2N1. The summed E-state index contributed by atoms with van der Waals surface area (Å²) < 4.78 is 29.5. The fourth-order valence-electron chi connectivity index (χ4n) is 3.03. The Morgan fingerprint density at radius 2 is 1.92 bits per heavy atom. The molecule has 0 saturated carbocycles. The number of hydrogen-bond acceptors (Lipinski definition) is 2. The Labute approximate surface area is 136 Å². The van der Waals surface area contributed by atoms with Crippen LogP contribution >= 0.6 is 0 Å². The lowest BCUT2D eigenvalue weighted by Crippen LogP contribution is -2.25. The second-order valence-electron chi connectivity index (χ2n) is 5.65. The van der Waals surface area contributed by atoms with Gasteiger partial charge >= 0.3 is 0 Å². The molecule has 0 aliphatic carbocycles. The highest BCUT2D eigenvalue weighted by molar-refractivity contribution is 5.94. The van der Waals surface area contributed by atoms with Crippen LogP contribution in [-0.4, -0.2) is 15.5 Å². The number of para-hydroxylation sites is 1. The summed E-state index contributed by atoms with van der Waals surface area (Å²) in [6.45, 7) is 0. The Kier molecular flexibility index (Phi) is 3.37. The van der Waals surface area contributed by atoms with E-state index in [4.69, 9.17) is 0 Å². The van der Waals surface area contributed by atoms with Gasteiger partial charge in [0.1, 0.15) is 23.8 Å². The smallest absolute Gasteiger partial charge is 0.226 e. The number of imidazole rings is 1. The number of carbonyl (C=O) groups excluding carboxylic acids is 1. The van der Waals surface area contributed by atoms with E-state index in [2.05, 4.69) is 10.3 Å². The number of nitrogens with zero attached hydrogens (tertiary/aromatic N) is 2. The third-order valence-electron chi connectivity index (χ3n) is 4.14. The molecule has 120 valence electrons. The van der Waals surface area contributed by atoms with Gasteiger partial charge in [0.15, 0.2) is 0 Å². The lowest BCUT2D eigenvalue weighted by atomic mass is 9.89. The molecule has 2 heterocycles. The van der Waals surface area contributed by atoms with Crippen LogP contribution in [0.25, 0.3) is 5.69 Å². The van der Waals surface area contributed by atoms with Gasteiger partial charge in [0, 0.05) is 23.6 Å². The van der Waals surface area contributed by atoms with Crippen LogP contribution in [0.4, 0.5) is 14.6 Å². The van der Waals surface area contributed by atoms with E-state index in [0.717, 1.165) is 23.9 Å². The summed E-state index contributed by atoms with van der Waals surface area (Å²) in [5.41, 5.74) is 1.50. The second-order valence-corrected chi connectivity index (χ2v) is 5.65. The maximum atomic E-state index is 14.2. The molecular weight excluding hydrogens is 312 g/mol. The molecule has 0 bridgehead atoms. The predicted octanol–water partition coefficient (Wildman–Crippen LogP) is 3.62. The topological polar surface area (TPSA) is 46.9 Å². The summed E-state index contributed by atoms with van der Waals surface area (Å²) in [4.78, 5) is 16.5. The van der Waals surface area contributed by atoms with Crippen LogP contribution in [0, 0.1) is 11.6 Å². The Balaban J connectivity index is 1.86. The molecule has 1 aromatic heterocycles. The molecule has 1 atom stereocenters. The zero-order chi connectivity index (χ0) is 16.7. The standard InChI is InChI=1S/C18H13F2N3O/c19-11-6-7-15(20)13(8-11)14-9-16(24)22-18-17(14)21-10-23(18)12-4-2-1-3-5-12/h1-8,10,14H,9H2,(H,22,24)/t14-/m0/s1. The number of rotatable bonds is 2. The van der Waals surface area contributed by atoms with E-state index in [1.807, 2.05) is 30.3 Å².